The Kier molecular flexibility index (Phi) is 4.91. The third-order valence-electron chi connectivity index (χ3n) is 2.59. The number of nitrogen functional groups attached to an aromatic ring is 1. The highest BCUT2D eigenvalue weighted by Crippen LogP contribution is 2.29. The second-order valence-corrected chi connectivity index (χ2v) is 8.19. The molecule has 1 aromatic heterocycles. The lowest BCUT2D eigenvalue weighted by molar-refractivity contribution is 0.600. The number of hydrogen-bond donors (Lipinski definition) is 2. The predicted molar refractivity (Wildman–Crippen MR) is 91.5 cm³/mol. The summed E-state index contributed by atoms with van der Waals surface area (Å²) in [6, 6.07) is 3.12. The summed E-state index contributed by atoms with van der Waals surface area (Å²) in [5.41, 5.74) is 6.64. The lowest BCUT2D eigenvalue weighted by Gasteiger charge is -2.12. The molecule has 0 aliphatic rings. The van der Waals surface area contributed by atoms with E-state index >= 15 is 0 Å². The number of nitrogens with one attached hydrogen (secondary N) is 1. The number of rotatable bonds is 3. The van der Waals surface area contributed by atoms with Crippen LogP contribution in [0.15, 0.2) is 36.9 Å². The molecule has 6 nitrogen and oxygen atoms in total. The number of benzene rings is 1. The van der Waals surface area contributed by atoms with Gasteiger partial charge in [0.15, 0.2) is 10.4 Å². The van der Waals surface area contributed by atoms with E-state index in [9.17, 15) is 8.42 Å². The fourth-order valence-corrected chi connectivity index (χ4v) is 4.54. The highest BCUT2D eigenvalue weighted by atomic mass is 79.9. The van der Waals surface area contributed by atoms with Crippen molar-refractivity contribution in [2.75, 3.05) is 10.5 Å². The minimum absolute atomic E-state index is 0.0750. The van der Waals surface area contributed by atoms with Gasteiger partial charge in [-0.05, 0) is 56.5 Å². The Balaban J connectivity index is 2.48. The Hall–Kier alpha value is -0.710. The maximum atomic E-state index is 12.5. The van der Waals surface area contributed by atoms with Crippen LogP contribution in [0, 0.1) is 6.92 Å². The standard InChI is InChI=1S/C11H9Br3N4O2S/c1-5-7(15)2-6(12)3-8(5)21(19,20)18-11-10(14)17-9(13)4-16-11/h2-4H,15H2,1H3,(H,16,18). The van der Waals surface area contributed by atoms with Gasteiger partial charge >= 0.3 is 0 Å². The average Bonchev–Trinajstić information content (AvgIpc) is 2.37. The number of anilines is 2. The topological polar surface area (TPSA) is 98.0 Å². The SMILES string of the molecule is Cc1c(N)cc(Br)cc1S(=O)(=O)Nc1ncc(Br)nc1Br. The van der Waals surface area contributed by atoms with E-state index in [1.54, 1.807) is 13.0 Å². The molecule has 21 heavy (non-hydrogen) atoms. The van der Waals surface area contributed by atoms with Crippen molar-refractivity contribution in [3.8, 4) is 0 Å². The highest BCUT2D eigenvalue weighted by Gasteiger charge is 2.21. The summed E-state index contributed by atoms with van der Waals surface area (Å²) in [7, 11) is -3.83. The van der Waals surface area contributed by atoms with E-state index in [1.807, 2.05) is 0 Å². The van der Waals surface area contributed by atoms with E-state index in [-0.39, 0.29) is 15.3 Å². The average molecular weight is 501 g/mol. The zero-order valence-corrected chi connectivity index (χ0v) is 16.1. The second-order valence-electron chi connectivity index (χ2n) is 4.06. The number of sulfonamides is 1. The first-order chi connectivity index (χ1) is 9.70. The van der Waals surface area contributed by atoms with Gasteiger partial charge in [-0.15, -0.1) is 0 Å². The van der Waals surface area contributed by atoms with Crippen LogP contribution >= 0.6 is 47.8 Å². The largest absolute Gasteiger partial charge is 0.398 e. The lowest BCUT2D eigenvalue weighted by Crippen LogP contribution is -2.16. The van der Waals surface area contributed by atoms with E-state index in [4.69, 9.17) is 5.73 Å². The van der Waals surface area contributed by atoms with Gasteiger partial charge in [0.25, 0.3) is 10.0 Å². The summed E-state index contributed by atoms with van der Waals surface area (Å²) in [6.45, 7) is 1.64. The van der Waals surface area contributed by atoms with Crippen molar-refractivity contribution in [2.45, 2.75) is 11.8 Å². The molecule has 0 saturated carbocycles. The quantitative estimate of drug-likeness (QED) is 0.629. The molecule has 0 radical (unpaired) electrons. The Morgan fingerprint density at radius 2 is 1.90 bits per heavy atom. The van der Waals surface area contributed by atoms with Crippen molar-refractivity contribution in [2.24, 2.45) is 0 Å². The summed E-state index contributed by atoms with van der Waals surface area (Å²) in [4.78, 5) is 8.07. The zero-order valence-electron chi connectivity index (χ0n) is 10.6. The van der Waals surface area contributed by atoms with Gasteiger partial charge in [0.2, 0.25) is 0 Å². The molecule has 10 heteroatoms. The van der Waals surface area contributed by atoms with Crippen LogP contribution in [-0.4, -0.2) is 18.4 Å². The van der Waals surface area contributed by atoms with Crippen molar-refractivity contribution in [3.63, 3.8) is 0 Å². The Morgan fingerprint density at radius 1 is 1.24 bits per heavy atom. The number of nitrogens with two attached hydrogens (primary N) is 1. The Morgan fingerprint density at radius 3 is 2.52 bits per heavy atom. The molecule has 0 atom stereocenters. The first kappa shape index (κ1) is 16.7. The van der Waals surface area contributed by atoms with Gasteiger partial charge in [-0.2, -0.15) is 0 Å². The molecule has 0 bridgehead atoms. The van der Waals surface area contributed by atoms with Crippen molar-refractivity contribution < 1.29 is 8.42 Å². The van der Waals surface area contributed by atoms with Crippen LogP contribution in [0.3, 0.4) is 0 Å². The van der Waals surface area contributed by atoms with Crippen LogP contribution in [0.2, 0.25) is 0 Å². The summed E-state index contributed by atoms with van der Waals surface area (Å²) in [5, 5.41) is 0. The van der Waals surface area contributed by atoms with Gasteiger partial charge in [-0.25, -0.2) is 18.4 Å². The van der Waals surface area contributed by atoms with Crippen LogP contribution < -0.4 is 10.5 Å². The molecule has 112 valence electrons. The summed E-state index contributed by atoms with van der Waals surface area (Å²) >= 11 is 9.54. The molecule has 0 unspecified atom stereocenters. The van der Waals surface area contributed by atoms with Crippen molar-refractivity contribution in [1.82, 2.24) is 9.97 Å². The van der Waals surface area contributed by atoms with Crippen LogP contribution in [-0.2, 0) is 10.0 Å². The molecule has 0 fully saturated rings. The summed E-state index contributed by atoms with van der Waals surface area (Å²) in [5.74, 6) is 0.0937. The molecule has 0 aliphatic carbocycles. The van der Waals surface area contributed by atoms with Crippen LogP contribution in [0.1, 0.15) is 5.56 Å². The van der Waals surface area contributed by atoms with Crippen LogP contribution in [0.25, 0.3) is 0 Å². The van der Waals surface area contributed by atoms with E-state index in [0.29, 0.717) is 20.3 Å². The van der Waals surface area contributed by atoms with Gasteiger partial charge in [0.1, 0.15) is 4.60 Å². The third-order valence-corrected chi connectivity index (χ3v) is 5.44. The highest BCUT2D eigenvalue weighted by molar-refractivity contribution is 9.11. The molecule has 0 amide bonds. The first-order valence-corrected chi connectivity index (χ1v) is 9.33. The molecule has 1 aromatic carbocycles. The summed E-state index contributed by atoms with van der Waals surface area (Å²) < 4.78 is 28.7. The molecular weight excluding hydrogens is 492 g/mol. The maximum absolute atomic E-state index is 12.5. The molecule has 0 aliphatic heterocycles. The van der Waals surface area contributed by atoms with Crippen molar-refractivity contribution in [1.29, 1.82) is 0 Å². The molecule has 2 aromatic rings. The van der Waals surface area contributed by atoms with E-state index in [1.165, 1.54) is 12.3 Å². The number of aromatic nitrogens is 2. The molecule has 1 heterocycles. The van der Waals surface area contributed by atoms with Gasteiger partial charge < -0.3 is 5.73 Å². The smallest absolute Gasteiger partial charge is 0.263 e. The normalized spacial score (nSPS) is 11.4. The van der Waals surface area contributed by atoms with E-state index < -0.39 is 10.0 Å². The fourth-order valence-electron chi connectivity index (χ4n) is 1.55. The Bertz CT molecular complexity index is 811. The molecule has 0 spiro atoms. The van der Waals surface area contributed by atoms with Crippen LogP contribution in [0.4, 0.5) is 11.5 Å². The molecule has 2 rings (SSSR count). The zero-order chi connectivity index (χ0) is 15.8. The maximum Gasteiger partial charge on any atom is 0.263 e. The Labute approximate surface area is 147 Å². The second kappa shape index (κ2) is 6.19. The molecular formula is C11H9Br3N4O2S. The minimum atomic E-state index is -3.83. The predicted octanol–water partition coefficient (Wildman–Crippen LogP) is 3.46. The number of nitrogens with zero attached hydrogens (tertiary/aromatic N) is 2. The monoisotopic (exact) mass is 498 g/mol. The minimum Gasteiger partial charge on any atom is -0.398 e. The van der Waals surface area contributed by atoms with Crippen molar-refractivity contribution >= 4 is 69.3 Å². The number of hydrogen-bond acceptors (Lipinski definition) is 5. The fraction of sp³-hybridized carbons (Fsp3) is 0.0909. The van der Waals surface area contributed by atoms with Gasteiger partial charge in [-0.3, -0.25) is 4.72 Å². The van der Waals surface area contributed by atoms with Gasteiger partial charge in [-0.1, -0.05) is 15.9 Å². The number of halogens is 3. The van der Waals surface area contributed by atoms with E-state index in [2.05, 4.69) is 62.5 Å². The summed E-state index contributed by atoms with van der Waals surface area (Å²) in [6.07, 6.45) is 1.39. The first-order valence-electron chi connectivity index (χ1n) is 5.47. The molecule has 3 N–H and O–H groups in total. The van der Waals surface area contributed by atoms with Crippen molar-refractivity contribution in [3.05, 3.63) is 37.6 Å². The lowest BCUT2D eigenvalue weighted by atomic mass is 10.2. The van der Waals surface area contributed by atoms with Gasteiger partial charge in [0, 0.05) is 10.2 Å². The van der Waals surface area contributed by atoms with Crippen LogP contribution in [0.5, 0.6) is 0 Å². The molecule has 0 saturated heterocycles. The van der Waals surface area contributed by atoms with E-state index in [0.717, 1.165) is 0 Å². The third kappa shape index (κ3) is 3.74. The van der Waals surface area contributed by atoms with Gasteiger partial charge in [0.05, 0.1) is 11.1 Å².